The zero-order valence-electron chi connectivity index (χ0n) is 12.4. The normalized spacial score (nSPS) is 23.7. The molecule has 0 fully saturated rings. The van der Waals surface area contributed by atoms with Gasteiger partial charge in [-0.2, -0.15) is 0 Å². The van der Waals surface area contributed by atoms with Gasteiger partial charge in [-0.05, 0) is 31.4 Å². The summed E-state index contributed by atoms with van der Waals surface area (Å²) in [6.45, 7) is 9.74. The van der Waals surface area contributed by atoms with Crippen LogP contribution in [-0.4, -0.2) is 16.9 Å². The van der Waals surface area contributed by atoms with Gasteiger partial charge in [0.1, 0.15) is 0 Å². The molecule has 0 saturated heterocycles. The van der Waals surface area contributed by atoms with E-state index in [-0.39, 0.29) is 17.6 Å². The number of hydrogen-bond acceptors (Lipinski definition) is 2. The molecule has 106 valence electrons. The highest BCUT2D eigenvalue weighted by atomic mass is 16.4. The van der Waals surface area contributed by atoms with Gasteiger partial charge in [-0.1, -0.05) is 38.5 Å². The zero-order chi connectivity index (χ0) is 15.0. The summed E-state index contributed by atoms with van der Waals surface area (Å²) in [5, 5.41) is 8.59. The monoisotopic (exact) mass is 264 g/mol. The predicted octanol–water partition coefficient (Wildman–Crippen LogP) is 3.77. The third-order valence-corrected chi connectivity index (χ3v) is 2.97. The quantitative estimate of drug-likeness (QED) is 0.623. The second kappa shape index (κ2) is 8.46. The Morgan fingerprint density at radius 3 is 2.47 bits per heavy atom. The van der Waals surface area contributed by atoms with Gasteiger partial charge in [-0.25, -0.2) is 4.79 Å². The van der Waals surface area contributed by atoms with Gasteiger partial charge < -0.3 is 5.11 Å². The van der Waals surface area contributed by atoms with E-state index in [0.29, 0.717) is 12.0 Å². The predicted molar refractivity (Wildman–Crippen MR) is 77.9 cm³/mol. The number of ketones is 1. The fraction of sp³-hybridized carbons (Fsp3) is 0.500. The fourth-order valence-corrected chi connectivity index (χ4v) is 2.14. The Bertz CT molecular complexity index is 414. The summed E-state index contributed by atoms with van der Waals surface area (Å²) in [6, 6.07) is 0. The molecule has 0 heterocycles. The Hall–Kier alpha value is -1.64. The lowest BCUT2D eigenvalue weighted by atomic mass is 9.79. The summed E-state index contributed by atoms with van der Waals surface area (Å²) in [5.74, 6) is -0.255. The molecule has 0 aliphatic heterocycles. The number of rotatable bonds is 3. The van der Waals surface area contributed by atoms with E-state index in [9.17, 15) is 9.59 Å². The summed E-state index contributed by atoms with van der Waals surface area (Å²) in [6.07, 6.45) is 7.22. The van der Waals surface area contributed by atoms with Crippen LogP contribution in [0.15, 0.2) is 35.5 Å². The molecule has 0 saturated carbocycles. The van der Waals surface area contributed by atoms with E-state index >= 15 is 0 Å². The van der Waals surface area contributed by atoms with Crippen LogP contribution in [0.5, 0.6) is 0 Å². The summed E-state index contributed by atoms with van der Waals surface area (Å²) in [4.78, 5) is 21.8. The van der Waals surface area contributed by atoms with E-state index in [0.717, 1.165) is 5.57 Å². The Balaban J connectivity index is 0.00000154. The molecule has 1 N–H and O–H groups in total. The second-order valence-corrected chi connectivity index (χ2v) is 4.65. The first-order valence-electron chi connectivity index (χ1n) is 6.70. The largest absolute Gasteiger partial charge is 0.478 e. The molecule has 1 aliphatic rings. The first-order chi connectivity index (χ1) is 8.90. The van der Waals surface area contributed by atoms with Crippen molar-refractivity contribution in [3.8, 4) is 0 Å². The molecule has 0 spiro atoms. The molecule has 19 heavy (non-hydrogen) atoms. The van der Waals surface area contributed by atoms with E-state index < -0.39 is 5.97 Å². The van der Waals surface area contributed by atoms with Gasteiger partial charge in [0.25, 0.3) is 0 Å². The SMILES string of the molecule is CC.CC1=CC(=O)C[C@@H](C)C1/C=C/C(C)=C\C(=O)O. The van der Waals surface area contributed by atoms with Crippen LogP contribution in [0.1, 0.15) is 41.0 Å². The van der Waals surface area contributed by atoms with Gasteiger partial charge in [-0.3, -0.25) is 4.79 Å². The second-order valence-electron chi connectivity index (χ2n) is 4.65. The third kappa shape index (κ3) is 6.18. The van der Waals surface area contributed by atoms with Crippen LogP contribution in [0.4, 0.5) is 0 Å². The molecule has 2 atom stereocenters. The van der Waals surface area contributed by atoms with E-state index in [4.69, 9.17) is 5.11 Å². The molecule has 3 nitrogen and oxygen atoms in total. The van der Waals surface area contributed by atoms with Crippen molar-refractivity contribution in [3.63, 3.8) is 0 Å². The molecule has 0 bridgehead atoms. The smallest absolute Gasteiger partial charge is 0.328 e. The van der Waals surface area contributed by atoms with Crippen molar-refractivity contribution in [3.05, 3.63) is 35.5 Å². The standard InChI is InChI=1S/C14H18O3.C2H6/c1-9(6-14(16)17)4-5-13-10(2)7-12(15)8-11(13)3;1-2/h4-7,11,13H,8H2,1-3H3,(H,16,17);1-2H3/b5-4+,9-6-;/t11-,13?;/m1./s1. The Morgan fingerprint density at radius 2 is 2.00 bits per heavy atom. The number of aliphatic carboxylic acids is 1. The maximum atomic E-state index is 11.3. The number of carbonyl (C=O) groups excluding carboxylic acids is 1. The maximum absolute atomic E-state index is 11.3. The number of hydrogen-bond donors (Lipinski definition) is 1. The van der Waals surface area contributed by atoms with Gasteiger partial charge in [0.05, 0.1) is 0 Å². The highest BCUT2D eigenvalue weighted by molar-refractivity contribution is 5.91. The summed E-state index contributed by atoms with van der Waals surface area (Å²) >= 11 is 0. The molecule has 3 heteroatoms. The van der Waals surface area contributed by atoms with Crippen LogP contribution < -0.4 is 0 Å². The lowest BCUT2D eigenvalue weighted by Gasteiger charge is -2.25. The fourth-order valence-electron chi connectivity index (χ4n) is 2.14. The van der Waals surface area contributed by atoms with Crippen molar-refractivity contribution < 1.29 is 14.7 Å². The van der Waals surface area contributed by atoms with Crippen molar-refractivity contribution in [1.82, 2.24) is 0 Å². The first kappa shape index (κ1) is 17.4. The molecular formula is C16H24O3. The van der Waals surface area contributed by atoms with Crippen LogP contribution in [0.2, 0.25) is 0 Å². The van der Waals surface area contributed by atoms with Gasteiger partial charge in [0, 0.05) is 18.4 Å². The molecule has 1 rings (SSSR count). The first-order valence-corrected chi connectivity index (χ1v) is 6.70. The Kier molecular flexibility index (Phi) is 7.73. The minimum Gasteiger partial charge on any atom is -0.478 e. The minimum atomic E-state index is -0.939. The van der Waals surface area contributed by atoms with Crippen molar-refractivity contribution in [2.45, 2.75) is 41.0 Å². The van der Waals surface area contributed by atoms with Gasteiger partial charge in [-0.15, -0.1) is 0 Å². The average molecular weight is 264 g/mol. The Labute approximate surface area is 115 Å². The minimum absolute atomic E-state index is 0.178. The summed E-state index contributed by atoms with van der Waals surface area (Å²) in [7, 11) is 0. The maximum Gasteiger partial charge on any atom is 0.328 e. The molecule has 0 aromatic rings. The molecule has 0 amide bonds. The zero-order valence-corrected chi connectivity index (χ0v) is 12.4. The molecule has 1 unspecified atom stereocenters. The molecular weight excluding hydrogens is 240 g/mol. The number of carbonyl (C=O) groups is 2. The third-order valence-electron chi connectivity index (χ3n) is 2.97. The van der Waals surface area contributed by atoms with Crippen LogP contribution in [0.3, 0.4) is 0 Å². The van der Waals surface area contributed by atoms with Crippen LogP contribution in [0, 0.1) is 11.8 Å². The van der Waals surface area contributed by atoms with E-state index in [1.54, 1.807) is 13.0 Å². The number of carboxylic acids is 1. The van der Waals surface area contributed by atoms with Gasteiger partial charge >= 0.3 is 5.97 Å². The van der Waals surface area contributed by atoms with Gasteiger partial charge in [0.2, 0.25) is 0 Å². The highest BCUT2D eigenvalue weighted by Gasteiger charge is 2.23. The van der Waals surface area contributed by atoms with Crippen molar-refractivity contribution in [2.75, 3.05) is 0 Å². The molecule has 1 aliphatic carbocycles. The van der Waals surface area contributed by atoms with E-state index in [2.05, 4.69) is 0 Å². The highest BCUT2D eigenvalue weighted by Crippen LogP contribution is 2.29. The van der Waals surface area contributed by atoms with E-state index in [1.807, 2.05) is 39.8 Å². The van der Waals surface area contributed by atoms with Crippen LogP contribution in [-0.2, 0) is 9.59 Å². The van der Waals surface area contributed by atoms with Crippen LogP contribution >= 0.6 is 0 Å². The van der Waals surface area contributed by atoms with Crippen molar-refractivity contribution in [2.24, 2.45) is 11.8 Å². The Morgan fingerprint density at radius 1 is 1.42 bits per heavy atom. The summed E-state index contributed by atoms with van der Waals surface area (Å²) < 4.78 is 0. The van der Waals surface area contributed by atoms with Gasteiger partial charge in [0.15, 0.2) is 5.78 Å². The molecule has 0 aromatic carbocycles. The lowest BCUT2D eigenvalue weighted by molar-refractivity contribution is -0.131. The van der Waals surface area contributed by atoms with Crippen molar-refractivity contribution >= 4 is 11.8 Å². The average Bonchev–Trinajstić information content (AvgIpc) is 2.29. The summed E-state index contributed by atoms with van der Waals surface area (Å²) in [5.41, 5.74) is 1.75. The van der Waals surface area contributed by atoms with E-state index in [1.165, 1.54) is 6.08 Å². The molecule has 0 aromatic heterocycles. The lowest BCUT2D eigenvalue weighted by Crippen LogP contribution is -2.20. The number of carboxylic acid groups (broad SMARTS) is 1. The van der Waals surface area contributed by atoms with Crippen LogP contribution in [0.25, 0.3) is 0 Å². The number of allylic oxidation sites excluding steroid dienone is 5. The topological polar surface area (TPSA) is 54.4 Å². The molecule has 0 radical (unpaired) electrons. The van der Waals surface area contributed by atoms with Crippen molar-refractivity contribution in [1.29, 1.82) is 0 Å².